The van der Waals surface area contributed by atoms with E-state index in [4.69, 9.17) is 19.4 Å². The molecule has 1 aliphatic heterocycles. The smallest absolute Gasteiger partial charge is 0.164 e. The number of furan rings is 1. The van der Waals surface area contributed by atoms with E-state index >= 15 is 0 Å². The first-order valence-corrected chi connectivity index (χ1v) is 21.6. The highest BCUT2D eigenvalue weighted by atomic mass is 16.3. The van der Waals surface area contributed by atoms with Crippen molar-refractivity contribution in [3.63, 3.8) is 0 Å². The van der Waals surface area contributed by atoms with Crippen LogP contribution < -0.4 is 0 Å². The average Bonchev–Trinajstić information content (AvgIpc) is 3.97. The van der Waals surface area contributed by atoms with E-state index in [2.05, 4.69) is 158 Å². The number of aromatic nitrogens is 4. The van der Waals surface area contributed by atoms with E-state index in [1.807, 2.05) is 54.6 Å². The van der Waals surface area contributed by atoms with Gasteiger partial charge in [-0.3, -0.25) is 0 Å². The van der Waals surface area contributed by atoms with Gasteiger partial charge in [0.05, 0.1) is 22.1 Å². The molecule has 2 aliphatic rings. The largest absolute Gasteiger partial charge is 0.456 e. The number of nitrogens with zero attached hydrogens (tertiary/aromatic N) is 4. The predicted molar refractivity (Wildman–Crippen MR) is 257 cm³/mol. The monoisotopic (exact) mass is 806 g/mol. The molecule has 0 saturated carbocycles. The van der Waals surface area contributed by atoms with Gasteiger partial charge in [-0.05, 0) is 94.8 Å². The topological polar surface area (TPSA) is 56.7 Å². The van der Waals surface area contributed by atoms with Crippen molar-refractivity contribution >= 4 is 49.3 Å². The lowest BCUT2D eigenvalue weighted by Crippen LogP contribution is -2.33. The molecule has 63 heavy (non-hydrogen) atoms. The van der Waals surface area contributed by atoms with Crippen LogP contribution in [0.4, 0.5) is 0 Å². The molecule has 0 N–H and O–H groups in total. The summed E-state index contributed by atoms with van der Waals surface area (Å²) in [5.74, 6) is 1.83. The van der Waals surface area contributed by atoms with Gasteiger partial charge >= 0.3 is 0 Å². The molecule has 8 aromatic carbocycles. The van der Waals surface area contributed by atoms with Gasteiger partial charge in [-0.2, -0.15) is 0 Å². The Bertz CT molecular complexity index is 3760. The molecule has 296 valence electrons. The first-order valence-electron chi connectivity index (χ1n) is 21.6. The number of hydrogen-bond donors (Lipinski definition) is 0. The maximum atomic E-state index is 6.26. The van der Waals surface area contributed by atoms with E-state index in [1.165, 1.54) is 60.9 Å². The summed E-state index contributed by atoms with van der Waals surface area (Å²) < 4.78 is 8.76. The van der Waals surface area contributed by atoms with Crippen molar-refractivity contribution in [2.45, 2.75) is 19.3 Å². The Kier molecular flexibility index (Phi) is 7.58. The number of hydrogen-bond acceptors (Lipinski definition) is 4. The highest BCUT2D eigenvalue weighted by molar-refractivity contribution is 6.13. The molecule has 5 heteroatoms. The summed E-state index contributed by atoms with van der Waals surface area (Å²) in [5, 5.41) is 4.73. The average molecular weight is 807 g/mol. The fraction of sp³-hybridized carbons (Fsp3) is 0.0517. The standard InChI is InChI=1S/C58H38N4O/c1-3-14-41-35(2)58(48-20-9-11-23-51(48)62-50-22-10-7-17-42(50)45-19-13-21-49(58)54(45)62)47-32-30-39(33-46(41)47)36-25-27-38(28-26-36)56-59-55(37-15-5-4-6-16-37)60-57(61-56)40-29-31-44-43-18-8-12-24-52(43)63-53(44)34-40/h3-34H,1-2H3/b14-3-. The number of para-hydroxylation sites is 4. The number of benzene rings is 8. The fourth-order valence-electron chi connectivity index (χ4n) is 10.7. The summed E-state index contributed by atoms with van der Waals surface area (Å²) in [4.78, 5) is 15.1. The van der Waals surface area contributed by atoms with Gasteiger partial charge in [-0.25, -0.2) is 15.0 Å². The fourth-order valence-corrected chi connectivity index (χ4v) is 10.7. The van der Waals surface area contributed by atoms with Gasteiger partial charge in [0.2, 0.25) is 0 Å². The molecule has 1 unspecified atom stereocenters. The summed E-state index contributed by atoms with van der Waals surface area (Å²) in [6.07, 6.45) is 4.48. The Morgan fingerprint density at radius 2 is 1.10 bits per heavy atom. The van der Waals surface area contributed by atoms with Gasteiger partial charge in [0.15, 0.2) is 17.5 Å². The molecule has 13 rings (SSSR count). The Morgan fingerprint density at radius 3 is 1.92 bits per heavy atom. The second kappa shape index (κ2) is 13.4. The van der Waals surface area contributed by atoms with Crippen LogP contribution in [0.1, 0.15) is 36.1 Å². The maximum absolute atomic E-state index is 6.26. The molecular weight excluding hydrogens is 769 g/mol. The number of allylic oxidation sites excluding steroid dienone is 4. The highest BCUT2D eigenvalue weighted by Gasteiger charge is 2.50. The van der Waals surface area contributed by atoms with Crippen LogP contribution in [0.5, 0.6) is 0 Å². The Labute approximate surface area is 364 Å². The summed E-state index contributed by atoms with van der Waals surface area (Å²) in [7, 11) is 0. The molecule has 1 spiro atoms. The van der Waals surface area contributed by atoms with Crippen molar-refractivity contribution in [3.05, 3.63) is 222 Å². The third-order valence-corrected chi connectivity index (χ3v) is 13.4. The summed E-state index contributed by atoms with van der Waals surface area (Å²) in [5.41, 5.74) is 17.8. The predicted octanol–water partition coefficient (Wildman–Crippen LogP) is 14.5. The van der Waals surface area contributed by atoms with Crippen LogP contribution >= 0.6 is 0 Å². The van der Waals surface area contributed by atoms with Crippen LogP contribution in [0.15, 0.2) is 204 Å². The minimum absolute atomic E-state index is 0.450. The van der Waals surface area contributed by atoms with Crippen LogP contribution in [0.25, 0.3) is 100 Å². The van der Waals surface area contributed by atoms with Gasteiger partial charge in [0.1, 0.15) is 11.2 Å². The van der Waals surface area contributed by atoms with E-state index in [-0.39, 0.29) is 0 Å². The van der Waals surface area contributed by atoms with Gasteiger partial charge in [0, 0.05) is 38.2 Å². The lowest BCUT2D eigenvalue weighted by Gasteiger charge is -2.40. The molecule has 0 radical (unpaired) electrons. The molecule has 0 bridgehead atoms. The van der Waals surface area contributed by atoms with E-state index in [9.17, 15) is 0 Å². The SMILES string of the molecule is C/C=C\C1=C(C)C2(c3ccc(-c4ccc(-c5nc(-c6ccccc6)nc(-c6ccc7c(c6)oc6ccccc67)n5)cc4)cc31)c1ccccc1-n1c3ccccc3c3cccc2c31. The molecule has 0 fully saturated rings. The summed E-state index contributed by atoms with van der Waals surface area (Å²) in [6.45, 7) is 4.47. The number of fused-ring (bicyclic) bond motifs is 12. The van der Waals surface area contributed by atoms with Crippen LogP contribution in [0.2, 0.25) is 0 Å². The maximum Gasteiger partial charge on any atom is 0.164 e. The third-order valence-electron chi connectivity index (χ3n) is 13.4. The Hall–Kier alpha value is -8.15. The highest BCUT2D eigenvalue weighted by Crippen LogP contribution is 2.60. The Balaban J connectivity index is 0.935. The van der Waals surface area contributed by atoms with Crippen LogP contribution in [-0.2, 0) is 5.41 Å². The number of rotatable bonds is 5. The van der Waals surface area contributed by atoms with Crippen molar-refractivity contribution in [3.8, 4) is 51.0 Å². The van der Waals surface area contributed by atoms with Crippen molar-refractivity contribution in [1.82, 2.24) is 19.5 Å². The summed E-state index contributed by atoms with van der Waals surface area (Å²) in [6, 6.07) is 64.9. The second-order valence-electron chi connectivity index (χ2n) is 16.7. The minimum atomic E-state index is -0.450. The van der Waals surface area contributed by atoms with Crippen molar-refractivity contribution in [2.75, 3.05) is 0 Å². The van der Waals surface area contributed by atoms with E-state index in [0.717, 1.165) is 49.8 Å². The normalized spacial score (nSPS) is 15.4. The van der Waals surface area contributed by atoms with Gasteiger partial charge in [0.25, 0.3) is 0 Å². The molecule has 1 atom stereocenters. The minimum Gasteiger partial charge on any atom is -0.456 e. The van der Waals surface area contributed by atoms with Gasteiger partial charge < -0.3 is 8.98 Å². The van der Waals surface area contributed by atoms with Crippen LogP contribution in [-0.4, -0.2) is 19.5 Å². The zero-order valence-electron chi connectivity index (χ0n) is 34.7. The van der Waals surface area contributed by atoms with E-state index in [0.29, 0.717) is 17.5 Å². The van der Waals surface area contributed by atoms with Crippen molar-refractivity contribution in [1.29, 1.82) is 0 Å². The van der Waals surface area contributed by atoms with Gasteiger partial charge in [-0.15, -0.1) is 0 Å². The van der Waals surface area contributed by atoms with Crippen LogP contribution in [0, 0.1) is 0 Å². The first kappa shape index (κ1) is 35.6. The summed E-state index contributed by atoms with van der Waals surface area (Å²) >= 11 is 0. The molecule has 3 aromatic heterocycles. The molecule has 11 aromatic rings. The zero-order chi connectivity index (χ0) is 41.8. The van der Waals surface area contributed by atoms with Crippen LogP contribution in [0.3, 0.4) is 0 Å². The van der Waals surface area contributed by atoms with E-state index < -0.39 is 5.41 Å². The zero-order valence-corrected chi connectivity index (χ0v) is 34.7. The van der Waals surface area contributed by atoms with Crippen molar-refractivity contribution < 1.29 is 4.42 Å². The lowest BCUT2D eigenvalue weighted by atomic mass is 9.65. The van der Waals surface area contributed by atoms with E-state index in [1.54, 1.807) is 0 Å². The molecule has 5 nitrogen and oxygen atoms in total. The Morgan fingerprint density at radius 1 is 0.476 bits per heavy atom. The van der Waals surface area contributed by atoms with Crippen molar-refractivity contribution in [2.24, 2.45) is 0 Å². The molecule has 1 aliphatic carbocycles. The second-order valence-corrected chi connectivity index (χ2v) is 16.7. The van der Waals surface area contributed by atoms with Gasteiger partial charge in [-0.1, -0.05) is 158 Å². The first-order chi connectivity index (χ1) is 31.1. The molecule has 0 saturated heterocycles. The lowest BCUT2D eigenvalue weighted by molar-refractivity contribution is 0.669. The molecule has 0 amide bonds. The third kappa shape index (κ3) is 5.02. The quantitative estimate of drug-likeness (QED) is 0.174. The molecular formula is C58H38N4O. The molecule has 4 heterocycles.